The molecular weight excluding hydrogens is 420 g/mol. The van der Waals surface area contributed by atoms with E-state index in [-0.39, 0.29) is 25.0 Å². The second-order valence-corrected chi connectivity index (χ2v) is 7.18. The first-order chi connectivity index (χ1) is 12.4. The molecule has 2 aromatic carbocycles. The summed E-state index contributed by atoms with van der Waals surface area (Å²) in [4.78, 5) is 24.4. The zero-order chi connectivity index (χ0) is 18.7. The van der Waals surface area contributed by atoms with Gasteiger partial charge in [0.25, 0.3) is 5.91 Å². The highest BCUT2D eigenvalue weighted by atomic mass is 79.9. The molecule has 0 aliphatic carbocycles. The van der Waals surface area contributed by atoms with E-state index in [4.69, 9.17) is 16.3 Å². The fraction of sp³-hybridized carbons (Fsp3) is 0.158. The van der Waals surface area contributed by atoms with E-state index in [1.54, 1.807) is 30.3 Å². The van der Waals surface area contributed by atoms with Gasteiger partial charge in [-0.15, -0.1) is 0 Å². The summed E-state index contributed by atoms with van der Waals surface area (Å²) in [6.07, 6.45) is 1.72. The molecule has 7 heteroatoms. The van der Waals surface area contributed by atoms with Crippen LogP contribution in [0, 0.1) is 6.92 Å². The predicted molar refractivity (Wildman–Crippen MR) is 105 cm³/mol. The van der Waals surface area contributed by atoms with E-state index in [2.05, 4.69) is 26.6 Å². The van der Waals surface area contributed by atoms with Crippen LogP contribution in [0.1, 0.15) is 11.1 Å². The lowest BCUT2D eigenvalue weighted by atomic mass is 10.1. The Morgan fingerprint density at radius 2 is 2.04 bits per heavy atom. The van der Waals surface area contributed by atoms with Crippen LogP contribution in [0.15, 0.2) is 46.4 Å². The van der Waals surface area contributed by atoms with Gasteiger partial charge in [0.2, 0.25) is 5.91 Å². The molecule has 2 amide bonds. The Bertz CT molecular complexity index is 912. The number of carbonyl (C=O) groups is 2. The average Bonchev–Trinajstić information content (AvgIpc) is 2.61. The number of amides is 2. The van der Waals surface area contributed by atoms with Crippen LogP contribution in [0.4, 0.5) is 5.69 Å². The molecule has 1 aliphatic rings. The van der Waals surface area contributed by atoms with Gasteiger partial charge in [0.05, 0.1) is 12.1 Å². The van der Waals surface area contributed by atoms with Crippen LogP contribution >= 0.6 is 27.5 Å². The van der Waals surface area contributed by atoms with Gasteiger partial charge in [0, 0.05) is 20.7 Å². The molecule has 0 saturated heterocycles. The van der Waals surface area contributed by atoms with E-state index in [1.165, 1.54) is 0 Å². The molecule has 2 aromatic rings. The Morgan fingerprint density at radius 3 is 2.81 bits per heavy atom. The van der Waals surface area contributed by atoms with Gasteiger partial charge in [-0.2, -0.15) is 0 Å². The monoisotopic (exact) mass is 434 g/mol. The van der Waals surface area contributed by atoms with Crippen molar-refractivity contribution < 1.29 is 14.3 Å². The van der Waals surface area contributed by atoms with Crippen molar-refractivity contribution in [3.05, 3.63) is 62.6 Å². The maximum absolute atomic E-state index is 12.3. The number of hydrogen-bond acceptors (Lipinski definition) is 3. The first-order valence-electron chi connectivity index (χ1n) is 7.89. The number of ether oxygens (including phenoxy) is 1. The predicted octanol–water partition coefficient (Wildman–Crippen LogP) is 3.94. The summed E-state index contributed by atoms with van der Waals surface area (Å²) in [5, 5.41) is 5.95. The summed E-state index contributed by atoms with van der Waals surface area (Å²) < 4.78 is 6.48. The van der Waals surface area contributed by atoms with E-state index in [0.29, 0.717) is 22.0 Å². The van der Waals surface area contributed by atoms with Crippen LogP contribution in [0.25, 0.3) is 6.08 Å². The van der Waals surface area contributed by atoms with Crippen molar-refractivity contribution in [1.29, 1.82) is 0 Å². The number of fused-ring (bicyclic) bond motifs is 1. The number of rotatable bonds is 4. The Labute approximate surface area is 164 Å². The Kier molecular flexibility index (Phi) is 5.64. The van der Waals surface area contributed by atoms with Crippen LogP contribution in [-0.2, 0) is 9.59 Å². The highest BCUT2D eigenvalue weighted by Crippen LogP contribution is 2.29. The number of hydrogen-bond donors (Lipinski definition) is 2. The fourth-order valence-corrected chi connectivity index (χ4v) is 3.17. The van der Waals surface area contributed by atoms with E-state index in [1.807, 2.05) is 19.1 Å². The quantitative estimate of drug-likeness (QED) is 0.764. The zero-order valence-corrected chi connectivity index (χ0v) is 16.3. The molecule has 0 saturated carbocycles. The van der Waals surface area contributed by atoms with Gasteiger partial charge < -0.3 is 15.4 Å². The van der Waals surface area contributed by atoms with Crippen molar-refractivity contribution in [2.24, 2.45) is 0 Å². The lowest BCUT2D eigenvalue weighted by Gasteiger charge is -2.18. The minimum atomic E-state index is -0.349. The minimum absolute atomic E-state index is 0.131. The number of aryl methyl sites for hydroxylation is 1. The minimum Gasteiger partial charge on any atom is -0.488 e. The summed E-state index contributed by atoms with van der Waals surface area (Å²) in [6, 6.07) is 10.8. The van der Waals surface area contributed by atoms with Crippen molar-refractivity contribution in [1.82, 2.24) is 5.32 Å². The first kappa shape index (κ1) is 18.5. The van der Waals surface area contributed by atoms with Gasteiger partial charge in [0.15, 0.2) is 0 Å². The molecule has 26 heavy (non-hydrogen) atoms. The molecule has 0 unspecified atom stereocenters. The van der Waals surface area contributed by atoms with Crippen molar-refractivity contribution in [3.8, 4) is 5.75 Å². The Hall–Kier alpha value is -2.31. The number of benzene rings is 2. The second-order valence-electron chi connectivity index (χ2n) is 5.83. The van der Waals surface area contributed by atoms with Crippen LogP contribution in [0.2, 0.25) is 5.02 Å². The largest absolute Gasteiger partial charge is 0.488 e. The van der Waals surface area contributed by atoms with Gasteiger partial charge in [-0.1, -0.05) is 27.5 Å². The lowest BCUT2D eigenvalue weighted by Crippen LogP contribution is -2.35. The maximum atomic E-state index is 12.3. The van der Waals surface area contributed by atoms with Crippen LogP contribution in [0.5, 0.6) is 5.75 Å². The zero-order valence-electron chi connectivity index (χ0n) is 13.9. The summed E-state index contributed by atoms with van der Waals surface area (Å²) in [7, 11) is 0. The van der Waals surface area contributed by atoms with E-state index >= 15 is 0 Å². The van der Waals surface area contributed by atoms with Crippen molar-refractivity contribution in [2.45, 2.75) is 6.92 Å². The van der Waals surface area contributed by atoms with Crippen molar-refractivity contribution >= 4 is 51.1 Å². The third kappa shape index (κ3) is 4.45. The van der Waals surface area contributed by atoms with E-state index in [9.17, 15) is 9.59 Å². The number of halogens is 2. The molecule has 5 nitrogen and oxygen atoms in total. The molecule has 1 aliphatic heterocycles. The summed E-state index contributed by atoms with van der Waals surface area (Å²) >= 11 is 9.34. The standard InChI is InChI=1S/C19H16BrClN2O3/c1-11-6-14(20)2-4-16(11)23-18(24)9-22-19(25)13-7-12-8-15(21)3-5-17(12)26-10-13/h2-8H,9-10H2,1H3,(H,22,25)(H,23,24). The molecule has 134 valence electrons. The summed E-state index contributed by atoms with van der Waals surface area (Å²) in [5.74, 6) is 0.0252. The second kappa shape index (κ2) is 7.93. The molecular formula is C19H16BrClN2O3. The highest BCUT2D eigenvalue weighted by Gasteiger charge is 2.18. The fourth-order valence-electron chi connectivity index (χ4n) is 2.52. The van der Waals surface area contributed by atoms with Gasteiger partial charge in [0.1, 0.15) is 12.4 Å². The lowest BCUT2D eigenvalue weighted by molar-refractivity contribution is -0.121. The molecule has 0 bridgehead atoms. The molecule has 0 radical (unpaired) electrons. The van der Waals surface area contributed by atoms with E-state index in [0.717, 1.165) is 15.6 Å². The van der Waals surface area contributed by atoms with Crippen LogP contribution in [-0.4, -0.2) is 25.0 Å². The van der Waals surface area contributed by atoms with Crippen molar-refractivity contribution in [3.63, 3.8) is 0 Å². The third-order valence-electron chi connectivity index (χ3n) is 3.85. The van der Waals surface area contributed by atoms with Gasteiger partial charge in [-0.3, -0.25) is 9.59 Å². The van der Waals surface area contributed by atoms with Gasteiger partial charge >= 0.3 is 0 Å². The van der Waals surface area contributed by atoms with Gasteiger partial charge in [-0.05, 0) is 55.0 Å². The van der Waals surface area contributed by atoms with Crippen molar-refractivity contribution in [2.75, 3.05) is 18.5 Å². The van der Waals surface area contributed by atoms with E-state index < -0.39 is 0 Å². The summed E-state index contributed by atoms with van der Waals surface area (Å²) in [6.45, 7) is 1.91. The summed E-state index contributed by atoms with van der Waals surface area (Å²) in [5.41, 5.74) is 2.81. The highest BCUT2D eigenvalue weighted by molar-refractivity contribution is 9.10. The average molecular weight is 436 g/mol. The normalized spacial score (nSPS) is 12.5. The topological polar surface area (TPSA) is 67.4 Å². The van der Waals surface area contributed by atoms with Crippen LogP contribution < -0.4 is 15.4 Å². The molecule has 0 aromatic heterocycles. The molecule has 0 spiro atoms. The number of nitrogens with one attached hydrogen (secondary N) is 2. The molecule has 0 atom stereocenters. The van der Waals surface area contributed by atoms with Crippen LogP contribution in [0.3, 0.4) is 0 Å². The molecule has 0 fully saturated rings. The third-order valence-corrected chi connectivity index (χ3v) is 4.58. The molecule has 2 N–H and O–H groups in total. The smallest absolute Gasteiger partial charge is 0.251 e. The maximum Gasteiger partial charge on any atom is 0.251 e. The number of carbonyl (C=O) groups excluding carboxylic acids is 2. The SMILES string of the molecule is Cc1cc(Br)ccc1NC(=O)CNC(=O)C1=Cc2cc(Cl)ccc2OC1. The number of anilines is 1. The van der Waals surface area contributed by atoms with Gasteiger partial charge in [-0.25, -0.2) is 0 Å². The Morgan fingerprint density at radius 1 is 1.23 bits per heavy atom. The molecule has 1 heterocycles. The Balaban J connectivity index is 1.59. The molecule has 3 rings (SSSR count). The first-order valence-corrected chi connectivity index (χ1v) is 9.06.